The number of carbonyl (C=O) groups is 1. The van der Waals surface area contributed by atoms with Gasteiger partial charge in [-0.2, -0.15) is 5.10 Å². The van der Waals surface area contributed by atoms with Crippen molar-refractivity contribution < 1.29 is 14.6 Å². The van der Waals surface area contributed by atoms with Crippen molar-refractivity contribution in [3.05, 3.63) is 102 Å². The third-order valence-corrected chi connectivity index (χ3v) is 6.46. The van der Waals surface area contributed by atoms with Crippen molar-refractivity contribution in [1.82, 2.24) is 34.7 Å². The molecule has 1 aliphatic rings. The summed E-state index contributed by atoms with van der Waals surface area (Å²) in [6, 6.07) is 15.7. The maximum Gasteiger partial charge on any atom is 0.339 e. The molecule has 1 fully saturated rings. The molecule has 0 saturated heterocycles. The summed E-state index contributed by atoms with van der Waals surface area (Å²) in [6.07, 6.45) is 9.05. The number of rotatable bonds is 8. The molecule has 0 unspecified atom stereocenters. The normalized spacial score (nSPS) is 16.5. The number of ether oxygens (including phenoxy) is 1. The fourth-order valence-electron chi connectivity index (χ4n) is 4.60. The first kappa shape index (κ1) is 22.6. The number of hydrogen-bond donors (Lipinski definition) is 1. The van der Waals surface area contributed by atoms with E-state index in [1.807, 2.05) is 61.8 Å². The molecule has 3 aromatic heterocycles. The van der Waals surface area contributed by atoms with Gasteiger partial charge in [0.1, 0.15) is 24.2 Å². The molecule has 2 atom stereocenters. The van der Waals surface area contributed by atoms with Crippen LogP contribution in [0.3, 0.4) is 0 Å². The molecule has 184 valence electrons. The van der Waals surface area contributed by atoms with E-state index in [1.165, 1.54) is 12.5 Å². The first-order chi connectivity index (χ1) is 18.1. The van der Waals surface area contributed by atoms with Crippen LogP contribution in [-0.4, -0.2) is 45.8 Å². The van der Waals surface area contributed by atoms with Crippen LogP contribution in [0.15, 0.2) is 79.6 Å². The van der Waals surface area contributed by atoms with E-state index in [1.54, 1.807) is 21.8 Å². The summed E-state index contributed by atoms with van der Waals surface area (Å²) in [6.45, 7) is 0.368. The Labute approximate surface area is 212 Å². The van der Waals surface area contributed by atoms with Gasteiger partial charge in [0.25, 0.3) is 0 Å². The predicted molar refractivity (Wildman–Crippen MR) is 133 cm³/mol. The van der Waals surface area contributed by atoms with E-state index < -0.39 is 5.97 Å². The Morgan fingerprint density at radius 1 is 1.05 bits per heavy atom. The van der Waals surface area contributed by atoms with Crippen LogP contribution in [0.2, 0.25) is 0 Å². The van der Waals surface area contributed by atoms with Crippen molar-refractivity contribution in [2.45, 2.75) is 24.9 Å². The molecule has 2 aromatic carbocycles. The summed E-state index contributed by atoms with van der Waals surface area (Å²) in [5.41, 5.74) is 5.37. The molecule has 0 amide bonds. The zero-order valence-corrected chi connectivity index (χ0v) is 20.0. The van der Waals surface area contributed by atoms with Gasteiger partial charge in [-0.05, 0) is 41.8 Å². The van der Waals surface area contributed by atoms with Crippen LogP contribution >= 0.6 is 0 Å². The molecule has 1 saturated carbocycles. The lowest BCUT2D eigenvalue weighted by atomic mass is 10.0. The number of carboxylic acid groups (broad SMARTS) is 1. The second kappa shape index (κ2) is 9.30. The highest BCUT2D eigenvalue weighted by Gasteiger charge is 2.46. The van der Waals surface area contributed by atoms with Gasteiger partial charge >= 0.3 is 5.97 Å². The molecule has 1 N–H and O–H groups in total. The molecular weight excluding hydrogens is 470 g/mol. The van der Waals surface area contributed by atoms with Crippen molar-refractivity contribution in [2.24, 2.45) is 7.05 Å². The predicted octanol–water partition coefficient (Wildman–Crippen LogP) is 4.01. The number of aromatic carboxylic acids is 1. The minimum atomic E-state index is -0.990. The highest BCUT2D eigenvalue weighted by molar-refractivity contribution is 5.89. The van der Waals surface area contributed by atoms with Gasteiger partial charge in [0.2, 0.25) is 0 Å². The summed E-state index contributed by atoms with van der Waals surface area (Å²) in [4.78, 5) is 20.1. The lowest BCUT2D eigenvalue weighted by Gasteiger charge is -2.12. The Morgan fingerprint density at radius 2 is 1.84 bits per heavy atom. The van der Waals surface area contributed by atoms with Gasteiger partial charge in [-0.3, -0.25) is 4.68 Å². The molecular formula is C27H23N7O3. The van der Waals surface area contributed by atoms with Crippen LogP contribution in [-0.2, 0) is 13.7 Å². The standard InChI is InChI=1S/C27H23N7O3/c1-33-14-25(31-32-33)22-10-23(22)26-24(27(35)36)13-30-34(26)20-6-2-4-18(8-20)19-5-3-7-21(9-19)37-15-17-11-28-16-29-12-17/h2-9,11-14,16,22-23H,10,15H2,1H3,(H,35,36)/t22-,23+/m0/s1. The van der Waals surface area contributed by atoms with Gasteiger partial charge in [0.15, 0.2) is 0 Å². The second-order valence-corrected chi connectivity index (χ2v) is 9.04. The lowest BCUT2D eigenvalue weighted by molar-refractivity contribution is 0.0695. The molecule has 5 aromatic rings. The van der Waals surface area contributed by atoms with E-state index >= 15 is 0 Å². The molecule has 0 radical (unpaired) electrons. The molecule has 1 aliphatic carbocycles. The van der Waals surface area contributed by atoms with Crippen LogP contribution in [0.5, 0.6) is 5.75 Å². The number of benzene rings is 2. The van der Waals surface area contributed by atoms with Crippen LogP contribution in [0.4, 0.5) is 0 Å². The second-order valence-electron chi connectivity index (χ2n) is 9.04. The summed E-state index contributed by atoms with van der Waals surface area (Å²) < 4.78 is 9.34. The monoisotopic (exact) mass is 493 g/mol. The summed E-state index contributed by atoms with van der Waals surface area (Å²) >= 11 is 0. The highest BCUT2D eigenvalue weighted by atomic mass is 16.5. The third kappa shape index (κ3) is 4.56. The van der Waals surface area contributed by atoms with Crippen molar-refractivity contribution >= 4 is 5.97 Å². The van der Waals surface area contributed by atoms with Gasteiger partial charge in [-0.1, -0.05) is 29.5 Å². The minimum Gasteiger partial charge on any atom is -0.489 e. The number of aryl methyl sites for hydroxylation is 1. The number of hydrogen-bond acceptors (Lipinski definition) is 7. The average molecular weight is 494 g/mol. The quantitative estimate of drug-likeness (QED) is 0.344. The number of aromatic nitrogens is 7. The molecule has 0 spiro atoms. The first-order valence-corrected chi connectivity index (χ1v) is 11.8. The van der Waals surface area contributed by atoms with Crippen molar-refractivity contribution in [3.8, 4) is 22.6 Å². The van der Waals surface area contributed by atoms with Crippen LogP contribution in [0.25, 0.3) is 16.8 Å². The Bertz CT molecular complexity index is 1580. The maximum absolute atomic E-state index is 12.0. The highest BCUT2D eigenvalue weighted by Crippen LogP contribution is 2.55. The minimum absolute atomic E-state index is 0.00708. The SMILES string of the molecule is Cn1cc([C@H]2C[C@H]2c2c(C(=O)O)cnn2-c2cccc(-c3cccc(OCc4cncnc4)c3)c2)nn1. The number of carboxylic acids is 1. The summed E-state index contributed by atoms with van der Waals surface area (Å²) in [5, 5.41) is 22.6. The summed E-state index contributed by atoms with van der Waals surface area (Å²) in [5.74, 6) is -0.137. The van der Waals surface area contributed by atoms with Gasteiger partial charge in [-0.25, -0.2) is 19.4 Å². The van der Waals surface area contributed by atoms with Crippen LogP contribution in [0, 0.1) is 0 Å². The fourth-order valence-corrected chi connectivity index (χ4v) is 4.60. The van der Waals surface area contributed by atoms with E-state index in [4.69, 9.17) is 4.74 Å². The Kier molecular flexibility index (Phi) is 5.68. The molecule has 10 nitrogen and oxygen atoms in total. The Hall–Kier alpha value is -4.86. The number of nitrogens with zero attached hydrogens (tertiary/aromatic N) is 7. The van der Waals surface area contributed by atoms with Crippen molar-refractivity contribution in [3.63, 3.8) is 0 Å². The van der Waals surface area contributed by atoms with E-state index in [0.717, 1.165) is 40.2 Å². The molecule has 10 heteroatoms. The molecule has 3 heterocycles. The van der Waals surface area contributed by atoms with Gasteiger partial charge in [0.05, 0.1) is 23.3 Å². The van der Waals surface area contributed by atoms with Gasteiger partial charge in [-0.15, -0.1) is 5.10 Å². The van der Waals surface area contributed by atoms with Crippen LogP contribution in [0.1, 0.15) is 45.6 Å². The molecule has 37 heavy (non-hydrogen) atoms. The van der Waals surface area contributed by atoms with E-state index in [2.05, 4.69) is 25.4 Å². The molecule has 0 aliphatic heterocycles. The molecule has 0 bridgehead atoms. The smallest absolute Gasteiger partial charge is 0.339 e. The van der Waals surface area contributed by atoms with Crippen LogP contribution < -0.4 is 4.74 Å². The van der Waals surface area contributed by atoms with Gasteiger partial charge in [0, 0.05) is 43.0 Å². The van der Waals surface area contributed by atoms with E-state index in [-0.39, 0.29) is 17.4 Å². The third-order valence-electron chi connectivity index (χ3n) is 6.46. The Balaban J connectivity index is 1.29. The first-order valence-electron chi connectivity index (χ1n) is 11.8. The maximum atomic E-state index is 12.0. The zero-order valence-electron chi connectivity index (χ0n) is 20.0. The topological polar surface area (TPSA) is 121 Å². The van der Waals surface area contributed by atoms with E-state index in [9.17, 15) is 9.90 Å². The van der Waals surface area contributed by atoms with Gasteiger partial charge < -0.3 is 9.84 Å². The zero-order chi connectivity index (χ0) is 25.4. The lowest BCUT2D eigenvalue weighted by Crippen LogP contribution is -2.06. The largest absolute Gasteiger partial charge is 0.489 e. The fraction of sp³-hybridized carbons (Fsp3) is 0.185. The summed E-state index contributed by atoms with van der Waals surface area (Å²) in [7, 11) is 1.82. The van der Waals surface area contributed by atoms with E-state index in [0.29, 0.717) is 12.3 Å². The Morgan fingerprint density at radius 3 is 2.59 bits per heavy atom. The molecule has 6 rings (SSSR count). The van der Waals surface area contributed by atoms with Crippen molar-refractivity contribution in [1.29, 1.82) is 0 Å². The average Bonchev–Trinajstić information content (AvgIpc) is 3.37. The van der Waals surface area contributed by atoms with Crippen molar-refractivity contribution in [2.75, 3.05) is 0 Å².